The van der Waals surface area contributed by atoms with Gasteiger partial charge in [-0.1, -0.05) is 6.07 Å². The van der Waals surface area contributed by atoms with Gasteiger partial charge >= 0.3 is 5.97 Å². The van der Waals surface area contributed by atoms with Gasteiger partial charge in [-0.3, -0.25) is 10.1 Å². The maximum atomic E-state index is 13.1. The number of carbonyl (C=O) groups excluding carboxylic acids is 2. The molecule has 1 amide bonds. The summed E-state index contributed by atoms with van der Waals surface area (Å²) in [5.41, 5.74) is 1.17. The fourth-order valence-electron chi connectivity index (χ4n) is 1.87. The fourth-order valence-corrected chi connectivity index (χ4v) is 2.08. The third-order valence-electron chi connectivity index (χ3n) is 2.97. The van der Waals surface area contributed by atoms with E-state index in [1.54, 1.807) is 31.2 Å². The highest BCUT2D eigenvalue weighted by molar-refractivity contribution is 7.80. The van der Waals surface area contributed by atoms with Gasteiger partial charge in [0.2, 0.25) is 0 Å². The fraction of sp³-hybridized carbons (Fsp3) is 0.118. The largest absolute Gasteiger partial charge is 0.462 e. The number of anilines is 1. The molecule has 5 nitrogen and oxygen atoms in total. The number of thiocarbonyl (C=S) groups is 1. The van der Waals surface area contributed by atoms with Crippen LogP contribution in [0.3, 0.4) is 0 Å². The Hall–Kier alpha value is -2.80. The third-order valence-corrected chi connectivity index (χ3v) is 3.17. The minimum Gasteiger partial charge on any atom is -0.462 e. The van der Waals surface area contributed by atoms with Gasteiger partial charge in [0.25, 0.3) is 5.91 Å². The van der Waals surface area contributed by atoms with Gasteiger partial charge in [0.15, 0.2) is 5.11 Å². The first kappa shape index (κ1) is 17.6. The first-order valence-corrected chi connectivity index (χ1v) is 7.55. The molecule has 0 unspecified atom stereocenters. The van der Waals surface area contributed by atoms with Crippen LogP contribution in [0.1, 0.15) is 27.6 Å². The lowest BCUT2D eigenvalue weighted by Crippen LogP contribution is -2.34. The topological polar surface area (TPSA) is 67.4 Å². The molecular formula is C17H15FN2O3S. The number of rotatable bonds is 4. The van der Waals surface area contributed by atoms with Crippen LogP contribution in [0.5, 0.6) is 0 Å². The monoisotopic (exact) mass is 346 g/mol. The number of nitrogens with one attached hydrogen (secondary N) is 2. The molecule has 0 aromatic heterocycles. The lowest BCUT2D eigenvalue weighted by molar-refractivity contribution is 0.0526. The van der Waals surface area contributed by atoms with E-state index in [0.717, 1.165) is 6.07 Å². The van der Waals surface area contributed by atoms with Crippen LogP contribution in [0.15, 0.2) is 48.5 Å². The number of carbonyl (C=O) groups is 2. The zero-order chi connectivity index (χ0) is 17.5. The van der Waals surface area contributed by atoms with Crippen molar-refractivity contribution in [3.05, 3.63) is 65.5 Å². The molecule has 0 atom stereocenters. The van der Waals surface area contributed by atoms with Crippen LogP contribution in [0, 0.1) is 5.82 Å². The Morgan fingerprint density at radius 3 is 2.46 bits per heavy atom. The normalized spacial score (nSPS) is 9.92. The number of halogens is 1. The Morgan fingerprint density at radius 1 is 1.12 bits per heavy atom. The molecule has 2 aromatic rings. The predicted octanol–water partition coefficient (Wildman–Crippen LogP) is 3.13. The van der Waals surface area contributed by atoms with Crippen molar-refractivity contribution in [3.63, 3.8) is 0 Å². The van der Waals surface area contributed by atoms with Crippen molar-refractivity contribution in [3.8, 4) is 0 Å². The van der Waals surface area contributed by atoms with Crippen LogP contribution in [0.4, 0.5) is 10.1 Å². The number of benzene rings is 2. The van der Waals surface area contributed by atoms with Crippen LogP contribution in [-0.4, -0.2) is 23.6 Å². The van der Waals surface area contributed by atoms with Gasteiger partial charge in [-0.05, 0) is 61.6 Å². The minimum atomic E-state index is -0.518. The molecule has 124 valence electrons. The van der Waals surface area contributed by atoms with Crippen molar-refractivity contribution in [2.45, 2.75) is 6.92 Å². The van der Waals surface area contributed by atoms with E-state index in [1.165, 1.54) is 18.2 Å². The van der Waals surface area contributed by atoms with E-state index in [1.807, 2.05) is 0 Å². The van der Waals surface area contributed by atoms with E-state index in [2.05, 4.69) is 10.6 Å². The molecule has 0 radical (unpaired) electrons. The maximum absolute atomic E-state index is 13.1. The molecule has 0 saturated carbocycles. The van der Waals surface area contributed by atoms with E-state index < -0.39 is 17.7 Å². The Labute approximate surface area is 143 Å². The van der Waals surface area contributed by atoms with Crippen LogP contribution in [0.25, 0.3) is 0 Å². The molecule has 2 rings (SSSR count). The van der Waals surface area contributed by atoms with Crippen molar-refractivity contribution >= 4 is 34.9 Å². The minimum absolute atomic E-state index is 0.0631. The van der Waals surface area contributed by atoms with Gasteiger partial charge in [-0.15, -0.1) is 0 Å². The van der Waals surface area contributed by atoms with Crippen LogP contribution in [-0.2, 0) is 4.74 Å². The highest BCUT2D eigenvalue weighted by Crippen LogP contribution is 2.11. The molecule has 0 aliphatic carbocycles. The van der Waals surface area contributed by atoms with Crippen LogP contribution in [0.2, 0.25) is 0 Å². The standard InChI is InChI=1S/C17H15FN2O3S/c1-2-23-16(22)11-6-8-14(9-7-11)19-17(24)20-15(21)12-4-3-5-13(18)10-12/h3-10H,2H2,1H3,(H2,19,20,21,24). The number of ether oxygens (including phenoxy) is 1. The highest BCUT2D eigenvalue weighted by Gasteiger charge is 2.10. The second kappa shape index (κ2) is 8.16. The lowest BCUT2D eigenvalue weighted by atomic mass is 10.2. The molecule has 0 saturated heterocycles. The van der Waals surface area contributed by atoms with E-state index in [9.17, 15) is 14.0 Å². The first-order valence-electron chi connectivity index (χ1n) is 7.14. The molecule has 24 heavy (non-hydrogen) atoms. The molecule has 0 bridgehead atoms. The van der Waals surface area contributed by atoms with Gasteiger partial charge in [-0.25, -0.2) is 9.18 Å². The van der Waals surface area contributed by atoms with Gasteiger partial charge in [0, 0.05) is 11.3 Å². The summed E-state index contributed by atoms with van der Waals surface area (Å²) in [6, 6.07) is 11.7. The number of amides is 1. The zero-order valence-electron chi connectivity index (χ0n) is 12.8. The van der Waals surface area contributed by atoms with Crippen LogP contribution < -0.4 is 10.6 Å². The number of hydrogen-bond donors (Lipinski definition) is 2. The van der Waals surface area contributed by atoms with Gasteiger partial charge in [0.05, 0.1) is 12.2 Å². The lowest BCUT2D eigenvalue weighted by Gasteiger charge is -2.10. The summed E-state index contributed by atoms with van der Waals surface area (Å²) in [6.45, 7) is 2.03. The Bertz CT molecular complexity index is 763. The molecule has 0 aliphatic rings. The van der Waals surface area contributed by atoms with Gasteiger partial charge in [0.1, 0.15) is 5.82 Å². The van der Waals surface area contributed by atoms with Gasteiger partial charge in [-0.2, -0.15) is 0 Å². The summed E-state index contributed by atoms with van der Waals surface area (Å²) in [5.74, 6) is -1.43. The second-order valence-electron chi connectivity index (χ2n) is 4.72. The van der Waals surface area contributed by atoms with Crippen LogP contribution >= 0.6 is 12.2 Å². The Kier molecular flexibility index (Phi) is 5.97. The Balaban J connectivity index is 1.94. The summed E-state index contributed by atoms with van der Waals surface area (Å²) < 4.78 is 18.0. The summed E-state index contributed by atoms with van der Waals surface area (Å²) in [5, 5.41) is 5.32. The summed E-state index contributed by atoms with van der Waals surface area (Å²) >= 11 is 5.04. The molecule has 2 N–H and O–H groups in total. The first-order chi connectivity index (χ1) is 11.5. The smallest absolute Gasteiger partial charge is 0.338 e. The summed E-state index contributed by atoms with van der Waals surface area (Å²) in [6.07, 6.45) is 0. The van der Waals surface area contributed by atoms with E-state index in [4.69, 9.17) is 17.0 Å². The van der Waals surface area contributed by atoms with Crippen molar-refractivity contribution in [1.82, 2.24) is 5.32 Å². The molecule has 2 aromatic carbocycles. The second-order valence-corrected chi connectivity index (χ2v) is 5.12. The van der Waals surface area contributed by atoms with E-state index in [-0.39, 0.29) is 10.7 Å². The SMILES string of the molecule is CCOC(=O)c1ccc(NC(=S)NC(=O)c2cccc(F)c2)cc1. The average molecular weight is 346 g/mol. The number of hydrogen-bond acceptors (Lipinski definition) is 4. The number of esters is 1. The quantitative estimate of drug-likeness (QED) is 0.658. The Morgan fingerprint density at radius 2 is 1.83 bits per heavy atom. The van der Waals surface area contributed by atoms with E-state index >= 15 is 0 Å². The predicted molar refractivity (Wildman–Crippen MR) is 92.5 cm³/mol. The third kappa shape index (κ3) is 4.85. The zero-order valence-corrected chi connectivity index (χ0v) is 13.7. The van der Waals surface area contributed by atoms with Crippen molar-refractivity contribution in [2.24, 2.45) is 0 Å². The average Bonchev–Trinajstić information content (AvgIpc) is 2.55. The molecule has 0 fully saturated rings. The van der Waals surface area contributed by atoms with Crippen molar-refractivity contribution in [2.75, 3.05) is 11.9 Å². The molecular weight excluding hydrogens is 331 g/mol. The molecule has 7 heteroatoms. The molecule has 0 aliphatic heterocycles. The summed E-state index contributed by atoms with van der Waals surface area (Å²) in [7, 11) is 0. The maximum Gasteiger partial charge on any atom is 0.338 e. The van der Waals surface area contributed by atoms with Gasteiger partial charge < -0.3 is 10.1 Å². The van der Waals surface area contributed by atoms with Crippen molar-refractivity contribution in [1.29, 1.82) is 0 Å². The highest BCUT2D eigenvalue weighted by atomic mass is 32.1. The van der Waals surface area contributed by atoms with E-state index in [0.29, 0.717) is 17.9 Å². The molecule has 0 heterocycles. The summed E-state index contributed by atoms with van der Waals surface area (Å²) in [4.78, 5) is 23.5. The van der Waals surface area contributed by atoms with Crippen molar-refractivity contribution < 1.29 is 18.7 Å². The molecule has 0 spiro atoms.